The Bertz CT molecular complexity index is 1210. The SMILES string of the molecule is O=C(Nc1ccccc1)c1cccc(CN2C(=O)NC3(CCOc4ccccc43)C2=O)c1. The van der Waals surface area contributed by atoms with Gasteiger partial charge in [-0.3, -0.25) is 14.5 Å². The van der Waals surface area contributed by atoms with E-state index in [-0.39, 0.29) is 18.4 Å². The van der Waals surface area contributed by atoms with Crippen molar-refractivity contribution >= 4 is 23.5 Å². The number of benzene rings is 3. The van der Waals surface area contributed by atoms with Crippen LogP contribution in [0.15, 0.2) is 78.9 Å². The van der Waals surface area contributed by atoms with E-state index in [4.69, 9.17) is 4.74 Å². The Balaban J connectivity index is 1.37. The molecular weight excluding hydrogens is 406 g/mol. The second-order valence-corrected chi connectivity index (χ2v) is 7.84. The maximum atomic E-state index is 13.4. The molecule has 7 nitrogen and oxygen atoms in total. The highest BCUT2D eigenvalue weighted by atomic mass is 16.5. The average Bonchev–Trinajstić information content (AvgIpc) is 3.05. The molecule has 32 heavy (non-hydrogen) atoms. The van der Waals surface area contributed by atoms with E-state index in [1.165, 1.54) is 4.90 Å². The zero-order valence-corrected chi connectivity index (χ0v) is 17.2. The van der Waals surface area contributed by atoms with Crippen molar-refractivity contribution in [3.05, 3.63) is 95.6 Å². The predicted molar refractivity (Wildman–Crippen MR) is 118 cm³/mol. The third kappa shape index (κ3) is 3.37. The fourth-order valence-electron chi connectivity index (χ4n) is 4.23. The summed E-state index contributed by atoms with van der Waals surface area (Å²) in [6, 6.07) is 22.9. The van der Waals surface area contributed by atoms with Crippen LogP contribution in [0.4, 0.5) is 10.5 Å². The van der Waals surface area contributed by atoms with Crippen LogP contribution in [0.2, 0.25) is 0 Å². The first-order chi connectivity index (χ1) is 15.6. The summed E-state index contributed by atoms with van der Waals surface area (Å²) < 4.78 is 5.67. The Morgan fingerprint density at radius 1 is 1.00 bits per heavy atom. The van der Waals surface area contributed by atoms with Crippen molar-refractivity contribution < 1.29 is 19.1 Å². The highest BCUT2D eigenvalue weighted by molar-refractivity contribution is 6.08. The summed E-state index contributed by atoms with van der Waals surface area (Å²) in [4.78, 5) is 40.1. The highest BCUT2D eigenvalue weighted by Gasteiger charge is 2.54. The molecule has 0 radical (unpaired) electrons. The molecule has 2 aliphatic heterocycles. The van der Waals surface area contributed by atoms with Gasteiger partial charge < -0.3 is 15.4 Å². The molecule has 1 saturated heterocycles. The van der Waals surface area contributed by atoms with Crippen LogP contribution in [-0.4, -0.2) is 29.4 Å². The molecule has 5 rings (SSSR count). The van der Waals surface area contributed by atoms with E-state index < -0.39 is 11.6 Å². The molecule has 1 unspecified atom stereocenters. The molecule has 0 saturated carbocycles. The average molecular weight is 427 g/mol. The van der Waals surface area contributed by atoms with Gasteiger partial charge in [-0.2, -0.15) is 0 Å². The number of hydrogen-bond donors (Lipinski definition) is 2. The molecule has 1 atom stereocenters. The van der Waals surface area contributed by atoms with Crippen molar-refractivity contribution in [1.82, 2.24) is 10.2 Å². The van der Waals surface area contributed by atoms with Gasteiger partial charge in [0.2, 0.25) is 0 Å². The first-order valence-corrected chi connectivity index (χ1v) is 10.4. The number of fused-ring (bicyclic) bond motifs is 2. The minimum Gasteiger partial charge on any atom is -0.493 e. The van der Waals surface area contributed by atoms with E-state index in [0.29, 0.717) is 41.2 Å². The summed E-state index contributed by atoms with van der Waals surface area (Å²) in [7, 11) is 0. The highest BCUT2D eigenvalue weighted by Crippen LogP contribution is 2.41. The van der Waals surface area contributed by atoms with E-state index in [1.54, 1.807) is 42.5 Å². The number of nitrogens with zero attached hydrogens (tertiary/aromatic N) is 1. The van der Waals surface area contributed by atoms with Crippen LogP contribution in [0.25, 0.3) is 0 Å². The lowest BCUT2D eigenvalue weighted by atomic mass is 9.84. The van der Waals surface area contributed by atoms with Crippen LogP contribution in [0.5, 0.6) is 5.75 Å². The Morgan fingerprint density at radius 2 is 1.78 bits per heavy atom. The molecule has 160 valence electrons. The number of carbonyl (C=O) groups excluding carboxylic acids is 3. The molecule has 1 fully saturated rings. The molecule has 0 bridgehead atoms. The number of urea groups is 1. The minimum absolute atomic E-state index is 0.0713. The molecule has 2 heterocycles. The minimum atomic E-state index is -1.12. The van der Waals surface area contributed by atoms with Gasteiger partial charge in [-0.05, 0) is 35.9 Å². The molecule has 4 amide bonds. The van der Waals surface area contributed by atoms with Gasteiger partial charge in [0.15, 0.2) is 5.54 Å². The number of para-hydroxylation sites is 2. The molecule has 3 aromatic carbocycles. The van der Waals surface area contributed by atoms with Crippen LogP contribution < -0.4 is 15.4 Å². The number of amides is 4. The fourth-order valence-corrected chi connectivity index (χ4v) is 4.23. The Morgan fingerprint density at radius 3 is 2.62 bits per heavy atom. The fraction of sp³-hybridized carbons (Fsp3) is 0.160. The van der Waals surface area contributed by atoms with Gasteiger partial charge in [-0.25, -0.2) is 4.79 Å². The normalized spacial score (nSPS) is 19.3. The maximum Gasteiger partial charge on any atom is 0.325 e. The Kier molecular flexibility index (Phi) is 4.86. The summed E-state index contributed by atoms with van der Waals surface area (Å²) in [6.45, 7) is 0.411. The topological polar surface area (TPSA) is 87.7 Å². The molecular formula is C25H21N3O4. The smallest absolute Gasteiger partial charge is 0.325 e. The van der Waals surface area contributed by atoms with Gasteiger partial charge in [0.1, 0.15) is 5.75 Å². The summed E-state index contributed by atoms with van der Waals surface area (Å²) in [5.74, 6) is 0.0382. The van der Waals surface area contributed by atoms with E-state index >= 15 is 0 Å². The zero-order valence-electron chi connectivity index (χ0n) is 17.2. The summed E-state index contributed by atoms with van der Waals surface area (Å²) in [5.41, 5.74) is 1.38. The third-order valence-electron chi connectivity index (χ3n) is 5.82. The molecule has 3 aromatic rings. The second kappa shape index (κ2) is 7.85. The second-order valence-electron chi connectivity index (χ2n) is 7.84. The van der Waals surface area contributed by atoms with Crippen LogP contribution >= 0.6 is 0 Å². The van der Waals surface area contributed by atoms with Gasteiger partial charge in [0.05, 0.1) is 13.2 Å². The van der Waals surface area contributed by atoms with Crippen molar-refractivity contribution in [1.29, 1.82) is 0 Å². The van der Waals surface area contributed by atoms with Crippen LogP contribution in [0, 0.1) is 0 Å². The van der Waals surface area contributed by atoms with Crippen molar-refractivity contribution in [2.75, 3.05) is 11.9 Å². The van der Waals surface area contributed by atoms with Gasteiger partial charge in [0.25, 0.3) is 11.8 Å². The van der Waals surface area contributed by atoms with E-state index in [2.05, 4.69) is 10.6 Å². The van der Waals surface area contributed by atoms with Crippen LogP contribution in [-0.2, 0) is 16.9 Å². The summed E-state index contributed by atoms with van der Waals surface area (Å²) >= 11 is 0. The van der Waals surface area contributed by atoms with Gasteiger partial charge in [-0.15, -0.1) is 0 Å². The number of imide groups is 1. The molecule has 2 aliphatic rings. The maximum absolute atomic E-state index is 13.4. The van der Waals surface area contributed by atoms with Gasteiger partial charge >= 0.3 is 6.03 Å². The third-order valence-corrected chi connectivity index (χ3v) is 5.82. The lowest BCUT2D eigenvalue weighted by Crippen LogP contribution is -2.47. The van der Waals surface area contributed by atoms with E-state index in [0.717, 1.165) is 0 Å². The van der Waals surface area contributed by atoms with Crippen molar-refractivity contribution in [2.45, 2.75) is 18.5 Å². The lowest BCUT2D eigenvalue weighted by Gasteiger charge is -2.33. The predicted octanol–water partition coefficient (Wildman–Crippen LogP) is 3.67. The van der Waals surface area contributed by atoms with Crippen molar-refractivity contribution in [3.63, 3.8) is 0 Å². The number of ether oxygens (including phenoxy) is 1. The number of hydrogen-bond acceptors (Lipinski definition) is 4. The van der Waals surface area contributed by atoms with Crippen molar-refractivity contribution in [2.24, 2.45) is 0 Å². The number of rotatable bonds is 4. The number of nitrogens with one attached hydrogen (secondary N) is 2. The van der Waals surface area contributed by atoms with E-state index in [9.17, 15) is 14.4 Å². The molecule has 0 aliphatic carbocycles. The molecule has 0 aromatic heterocycles. The number of anilines is 1. The first kappa shape index (κ1) is 19.8. The van der Waals surface area contributed by atoms with Crippen molar-refractivity contribution in [3.8, 4) is 5.75 Å². The Hall–Kier alpha value is -4.13. The van der Waals surface area contributed by atoms with E-state index in [1.807, 2.05) is 36.4 Å². The summed E-state index contributed by atoms with van der Waals surface area (Å²) in [5, 5.41) is 5.74. The van der Waals surface area contributed by atoms with Crippen LogP contribution in [0.3, 0.4) is 0 Å². The molecule has 7 heteroatoms. The lowest BCUT2D eigenvalue weighted by molar-refractivity contribution is -0.133. The number of carbonyl (C=O) groups is 3. The summed E-state index contributed by atoms with van der Waals surface area (Å²) in [6.07, 6.45) is 0.366. The Labute approximate surface area is 185 Å². The zero-order chi connectivity index (χ0) is 22.1. The molecule has 1 spiro atoms. The van der Waals surface area contributed by atoms with Gasteiger partial charge in [0, 0.05) is 23.2 Å². The largest absolute Gasteiger partial charge is 0.493 e. The monoisotopic (exact) mass is 427 g/mol. The van der Waals surface area contributed by atoms with Crippen LogP contribution in [0.1, 0.15) is 27.9 Å². The standard InChI is InChI=1S/C25H21N3O4/c29-22(26-19-9-2-1-3-10-19)18-8-6-7-17(15-18)16-28-23(30)25(27-24(28)31)13-14-32-21-12-5-4-11-20(21)25/h1-12,15H,13-14,16H2,(H,26,29)(H,27,31). The first-order valence-electron chi connectivity index (χ1n) is 10.4. The quantitative estimate of drug-likeness (QED) is 0.622. The molecule has 2 N–H and O–H groups in total. The van der Waals surface area contributed by atoms with Gasteiger partial charge in [-0.1, -0.05) is 48.5 Å².